The van der Waals surface area contributed by atoms with Gasteiger partial charge >= 0.3 is 12.2 Å². The average molecular weight is 287 g/mol. The van der Waals surface area contributed by atoms with Gasteiger partial charge < -0.3 is 19.5 Å². The van der Waals surface area contributed by atoms with Crippen molar-refractivity contribution in [3.63, 3.8) is 0 Å². The highest BCUT2D eigenvalue weighted by Gasteiger charge is 2.20. The standard InChI is InChI=1S/C12H17NO5S/c1-3-17-12(16)18-9(10-5-4-8-19-10)6-7-13(2)11(14)15/h4-5,8-9H,3,6-7H2,1-2H3,(H,14,15). The summed E-state index contributed by atoms with van der Waals surface area (Å²) in [6, 6.07) is 3.69. The lowest BCUT2D eigenvalue weighted by Crippen LogP contribution is -2.27. The predicted octanol–water partition coefficient (Wildman–Crippen LogP) is 2.96. The third kappa shape index (κ3) is 5.17. The second-order valence-electron chi connectivity index (χ2n) is 3.80. The first-order valence-electron chi connectivity index (χ1n) is 5.85. The number of rotatable bonds is 6. The molecule has 0 radical (unpaired) electrons. The van der Waals surface area contributed by atoms with E-state index in [4.69, 9.17) is 14.6 Å². The molecule has 0 fully saturated rings. The van der Waals surface area contributed by atoms with E-state index < -0.39 is 18.4 Å². The third-order valence-electron chi connectivity index (χ3n) is 2.41. The number of ether oxygens (including phenoxy) is 2. The molecule has 1 unspecified atom stereocenters. The molecule has 0 bridgehead atoms. The second kappa shape index (κ2) is 7.63. The van der Waals surface area contributed by atoms with E-state index in [0.29, 0.717) is 6.42 Å². The number of hydrogen-bond donors (Lipinski definition) is 1. The summed E-state index contributed by atoms with van der Waals surface area (Å²) in [7, 11) is 1.47. The maximum atomic E-state index is 11.4. The molecule has 0 saturated heterocycles. The van der Waals surface area contributed by atoms with Crippen molar-refractivity contribution in [2.45, 2.75) is 19.4 Å². The van der Waals surface area contributed by atoms with Crippen molar-refractivity contribution in [2.75, 3.05) is 20.2 Å². The van der Waals surface area contributed by atoms with Crippen LogP contribution in [-0.4, -0.2) is 42.5 Å². The first-order valence-corrected chi connectivity index (χ1v) is 6.73. The largest absolute Gasteiger partial charge is 0.508 e. The summed E-state index contributed by atoms with van der Waals surface area (Å²) >= 11 is 1.45. The Morgan fingerprint density at radius 3 is 2.79 bits per heavy atom. The number of amides is 1. The van der Waals surface area contributed by atoms with Crippen molar-refractivity contribution in [3.05, 3.63) is 22.4 Å². The minimum Gasteiger partial charge on any atom is -0.465 e. The van der Waals surface area contributed by atoms with E-state index in [2.05, 4.69) is 0 Å². The van der Waals surface area contributed by atoms with Crippen LogP contribution in [0.3, 0.4) is 0 Å². The number of hydrogen-bond acceptors (Lipinski definition) is 5. The van der Waals surface area contributed by atoms with E-state index in [1.54, 1.807) is 6.92 Å². The molecule has 19 heavy (non-hydrogen) atoms. The monoisotopic (exact) mass is 287 g/mol. The zero-order chi connectivity index (χ0) is 14.3. The van der Waals surface area contributed by atoms with Crippen LogP contribution in [0.25, 0.3) is 0 Å². The number of nitrogens with zero attached hydrogens (tertiary/aromatic N) is 1. The minimum absolute atomic E-state index is 0.241. The summed E-state index contributed by atoms with van der Waals surface area (Å²) in [4.78, 5) is 24.1. The highest BCUT2D eigenvalue weighted by atomic mass is 32.1. The average Bonchev–Trinajstić information content (AvgIpc) is 2.87. The van der Waals surface area contributed by atoms with E-state index in [1.165, 1.54) is 18.4 Å². The fraction of sp³-hybridized carbons (Fsp3) is 0.500. The van der Waals surface area contributed by atoms with Crippen LogP contribution in [0.1, 0.15) is 24.3 Å². The summed E-state index contributed by atoms with van der Waals surface area (Å²) in [5.74, 6) is 0. The quantitative estimate of drug-likeness (QED) is 0.814. The molecule has 6 nitrogen and oxygen atoms in total. The van der Waals surface area contributed by atoms with Crippen molar-refractivity contribution < 1.29 is 24.2 Å². The number of carboxylic acid groups (broad SMARTS) is 1. The fourth-order valence-electron chi connectivity index (χ4n) is 1.41. The van der Waals surface area contributed by atoms with E-state index in [-0.39, 0.29) is 13.2 Å². The lowest BCUT2D eigenvalue weighted by atomic mass is 10.2. The van der Waals surface area contributed by atoms with Gasteiger partial charge in [0.2, 0.25) is 0 Å². The van der Waals surface area contributed by atoms with Crippen LogP contribution in [0.5, 0.6) is 0 Å². The van der Waals surface area contributed by atoms with Crippen molar-refractivity contribution in [1.29, 1.82) is 0 Å². The van der Waals surface area contributed by atoms with Gasteiger partial charge in [0.05, 0.1) is 6.61 Å². The third-order valence-corrected chi connectivity index (χ3v) is 3.38. The Balaban J connectivity index is 2.60. The van der Waals surface area contributed by atoms with Crippen LogP contribution in [0.4, 0.5) is 9.59 Å². The Morgan fingerprint density at radius 2 is 2.26 bits per heavy atom. The van der Waals surface area contributed by atoms with Gasteiger partial charge in [-0.2, -0.15) is 0 Å². The van der Waals surface area contributed by atoms with Crippen molar-refractivity contribution in [2.24, 2.45) is 0 Å². The maximum Gasteiger partial charge on any atom is 0.508 e. The zero-order valence-corrected chi connectivity index (χ0v) is 11.7. The SMILES string of the molecule is CCOC(=O)OC(CCN(C)C(=O)O)c1cccs1. The molecule has 1 atom stereocenters. The molecule has 0 aliphatic rings. The van der Waals surface area contributed by atoms with Crippen LogP contribution in [0.15, 0.2) is 17.5 Å². The summed E-state index contributed by atoms with van der Waals surface area (Å²) in [5, 5.41) is 10.7. The normalized spacial score (nSPS) is 11.7. The zero-order valence-electron chi connectivity index (χ0n) is 10.9. The summed E-state index contributed by atoms with van der Waals surface area (Å²) in [6.45, 7) is 2.21. The molecule has 1 rings (SSSR count). The molecule has 1 aromatic heterocycles. The Kier molecular flexibility index (Phi) is 6.14. The molecule has 1 aromatic rings. The van der Waals surface area contributed by atoms with E-state index in [9.17, 15) is 9.59 Å². The van der Waals surface area contributed by atoms with Gasteiger partial charge in [0.1, 0.15) is 6.10 Å². The summed E-state index contributed by atoms with van der Waals surface area (Å²) in [6.07, 6.45) is -1.84. The lowest BCUT2D eigenvalue weighted by Gasteiger charge is -2.19. The molecule has 1 heterocycles. The van der Waals surface area contributed by atoms with Crippen LogP contribution in [0.2, 0.25) is 0 Å². The topological polar surface area (TPSA) is 76.1 Å². The molecule has 0 aliphatic carbocycles. The molecule has 0 saturated carbocycles. The van der Waals surface area contributed by atoms with Crippen LogP contribution < -0.4 is 0 Å². The molecular weight excluding hydrogens is 270 g/mol. The maximum absolute atomic E-state index is 11.4. The van der Waals surface area contributed by atoms with E-state index in [1.807, 2.05) is 17.5 Å². The first kappa shape index (κ1) is 15.3. The minimum atomic E-state index is -1.01. The van der Waals surface area contributed by atoms with Gasteiger partial charge in [-0.15, -0.1) is 11.3 Å². The summed E-state index contributed by atoms with van der Waals surface area (Å²) in [5.41, 5.74) is 0. The van der Waals surface area contributed by atoms with Gasteiger partial charge in [0, 0.05) is 24.9 Å². The van der Waals surface area contributed by atoms with Gasteiger partial charge in [-0.3, -0.25) is 0 Å². The van der Waals surface area contributed by atoms with Crippen molar-refractivity contribution >= 4 is 23.6 Å². The Morgan fingerprint density at radius 1 is 1.53 bits per heavy atom. The molecule has 0 aromatic carbocycles. The molecule has 1 N–H and O–H groups in total. The molecule has 1 amide bonds. The fourth-order valence-corrected chi connectivity index (χ4v) is 2.20. The molecule has 7 heteroatoms. The van der Waals surface area contributed by atoms with Gasteiger partial charge in [-0.25, -0.2) is 9.59 Å². The number of carbonyl (C=O) groups is 2. The number of carbonyl (C=O) groups excluding carboxylic acids is 1. The smallest absolute Gasteiger partial charge is 0.465 e. The van der Waals surface area contributed by atoms with E-state index in [0.717, 1.165) is 9.78 Å². The molecular formula is C12H17NO5S. The Hall–Kier alpha value is -1.76. The van der Waals surface area contributed by atoms with Gasteiger partial charge in [-0.1, -0.05) is 6.07 Å². The number of thiophene rings is 1. The van der Waals surface area contributed by atoms with Crippen LogP contribution in [-0.2, 0) is 9.47 Å². The summed E-state index contributed by atoms with van der Waals surface area (Å²) < 4.78 is 9.93. The molecule has 0 spiro atoms. The van der Waals surface area contributed by atoms with Crippen LogP contribution in [0, 0.1) is 0 Å². The van der Waals surface area contributed by atoms with Gasteiger partial charge in [0.15, 0.2) is 0 Å². The van der Waals surface area contributed by atoms with Crippen molar-refractivity contribution in [3.8, 4) is 0 Å². The highest BCUT2D eigenvalue weighted by Crippen LogP contribution is 2.26. The van der Waals surface area contributed by atoms with E-state index >= 15 is 0 Å². The Bertz CT molecular complexity index is 406. The van der Waals surface area contributed by atoms with Crippen LogP contribution >= 0.6 is 11.3 Å². The second-order valence-corrected chi connectivity index (χ2v) is 4.78. The highest BCUT2D eigenvalue weighted by molar-refractivity contribution is 7.10. The Labute approximate surface area is 115 Å². The molecule has 106 valence electrons. The van der Waals surface area contributed by atoms with Gasteiger partial charge in [0.25, 0.3) is 0 Å². The lowest BCUT2D eigenvalue weighted by molar-refractivity contribution is 0.0216. The van der Waals surface area contributed by atoms with Crippen molar-refractivity contribution in [1.82, 2.24) is 4.90 Å². The van der Waals surface area contributed by atoms with Gasteiger partial charge in [-0.05, 0) is 18.4 Å². The first-order chi connectivity index (χ1) is 9.04. The predicted molar refractivity (Wildman–Crippen MR) is 70.4 cm³/mol. The molecule has 0 aliphatic heterocycles.